The van der Waals surface area contributed by atoms with E-state index in [0.717, 1.165) is 4.88 Å². The highest BCUT2D eigenvalue weighted by Crippen LogP contribution is 2.48. The highest BCUT2D eigenvalue weighted by molar-refractivity contribution is 7.91. The molecular formula is C36H38F2N6O7S3. The molecule has 0 bridgehead atoms. The zero-order chi connectivity index (χ0) is 38.6. The van der Waals surface area contributed by atoms with E-state index < -0.39 is 86.8 Å². The topological polar surface area (TPSA) is 177 Å². The first-order chi connectivity index (χ1) is 25.6. The third-order valence-electron chi connectivity index (χ3n) is 9.82. The Bertz CT molecular complexity index is 2190. The third kappa shape index (κ3) is 7.55. The number of sulfonamides is 1. The highest BCUT2D eigenvalue weighted by atomic mass is 32.2. The molecule has 4 amide bonds. The average molecular weight is 801 g/mol. The van der Waals surface area contributed by atoms with Crippen LogP contribution in [-0.2, 0) is 24.4 Å². The van der Waals surface area contributed by atoms with E-state index >= 15 is 0 Å². The summed E-state index contributed by atoms with van der Waals surface area (Å²) in [5, 5.41) is 8.02. The number of nitrogens with one attached hydrogen (secondary N) is 3. The van der Waals surface area contributed by atoms with Crippen LogP contribution in [0.25, 0.3) is 21.6 Å². The molecule has 54 heavy (non-hydrogen) atoms. The van der Waals surface area contributed by atoms with Crippen molar-refractivity contribution in [2.24, 2.45) is 11.3 Å². The Hall–Kier alpha value is -4.55. The van der Waals surface area contributed by atoms with Crippen molar-refractivity contribution in [3.63, 3.8) is 0 Å². The average Bonchev–Trinajstić information content (AvgIpc) is 3.86. The molecule has 7 rings (SSSR count). The summed E-state index contributed by atoms with van der Waals surface area (Å²) in [7, 11) is -4.13. The monoisotopic (exact) mass is 800 g/mol. The van der Waals surface area contributed by atoms with Gasteiger partial charge in [-0.3, -0.25) is 23.9 Å². The van der Waals surface area contributed by atoms with Crippen LogP contribution in [0.3, 0.4) is 0 Å². The minimum absolute atomic E-state index is 0.147. The maximum Gasteiger partial charge on any atom is 0.262 e. The Morgan fingerprint density at radius 2 is 1.67 bits per heavy atom. The predicted octanol–water partition coefficient (Wildman–Crippen LogP) is 4.36. The number of thiophene rings is 2. The lowest BCUT2D eigenvalue weighted by Crippen LogP contribution is -2.60. The van der Waals surface area contributed by atoms with Crippen molar-refractivity contribution in [3.05, 3.63) is 64.2 Å². The van der Waals surface area contributed by atoms with E-state index in [9.17, 15) is 36.4 Å². The predicted molar refractivity (Wildman–Crippen MR) is 197 cm³/mol. The van der Waals surface area contributed by atoms with Crippen molar-refractivity contribution >= 4 is 67.4 Å². The molecule has 3 aromatic heterocycles. The molecule has 2 aliphatic carbocycles. The summed E-state index contributed by atoms with van der Waals surface area (Å²) in [6, 6.07) is 11.7. The fourth-order valence-electron chi connectivity index (χ4n) is 6.64. The number of carbonyl (C=O) groups excluding carboxylic acids is 4. The van der Waals surface area contributed by atoms with Crippen LogP contribution < -0.4 is 20.1 Å². The van der Waals surface area contributed by atoms with Gasteiger partial charge in [-0.1, -0.05) is 45.0 Å². The molecule has 286 valence electrons. The van der Waals surface area contributed by atoms with Crippen molar-refractivity contribution < 1.29 is 41.1 Å². The molecule has 3 fully saturated rings. The lowest BCUT2D eigenvalue weighted by molar-refractivity contribution is -0.143. The van der Waals surface area contributed by atoms with E-state index in [0.29, 0.717) is 34.4 Å². The molecule has 0 radical (unpaired) electrons. The number of ether oxygens (including phenoxy) is 1. The maximum absolute atomic E-state index is 14.6. The second-order valence-electron chi connectivity index (χ2n) is 14.9. The van der Waals surface area contributed by atoms with Crippen molar-refractivity contribution in [3.8, 4) is 16.5 Å². The number of para-hydroxylation sites is 2. The summed E-state index contributed by atoms with van der Waals surface area (Å²) >= 11 is 2.60. The molecule has 3 N–H and O–H groups in total. The van der Waals surface area contributed by atoms with E-state index in [4.69, 9.17) is 14.7 Å². The number of carbonyl (C=O) groups is 4. The summed E-state index contributed by atoms with van der Waals surface area (Å²) in [4.78, 5) is 67.3. The van der Waals surface area contributed by atoms with Crippen LogP contribution in [0.5, 0.6) is 5.88 Å². The van der Waals surface area contributed by atoms with E-state index in [-0.39, 0.29) is 18.8 Å². The van der Waals surface area contributed by atoms with Crippen molar-refractivity contribution in [2.45, 2.75) is 81.9 Å². The maximum atomic E-state index is 14.6. The number of hydrogen-bond donors (Lipinski definition) is 3. The molecule has 1 unspecified atom stereocenters. The number of rotatable bonds is 12. The molecule has 1 aliphatic heterocycles. The Labute approximate surface area is 317 Å². The van der Waals surface area contributed by atoms with Crippen LogP contribution in [0.2, 0.25) is 0 Å². The van der Waals surface area contributed by atoms with Gasteiger partial charge in [0, 0.05) is 6.42 Å². The van der Waals surface area contributed by atoms with Gasteiger partial charge in [-0.15, -0.1) is 22.7 Å². The lowest BCUT2D eigenvalue weighted by atomic mass is 9.85. The summed E-state index contributed by atoms with van der Waals surface area (Å²) in [6.07, 6.45) is -3.91. The van der Waals surface area contributed by atoms with Crippen LogP contribution in [0.4, 0.5) is 8.78 Å². The second-order valence-corrected chi connectivity index (χ2v) is 18.7. The van der Waals surface area contributed by atoms with Crippen molar-refractivity contribution in [1.29, 1.82) is 0 Å². The number of likely N-dealkylation sites (tertiary alicyclic amines) is 1. The van der Waals surface area contributed by atoms with Crippen LogP contribution in [-0.4, -0.2) is 88.9 Å². The standard InChI is InChI=1S/C36H38F2N6O7S3/c1-35(2,3)28(41-31(46)26-11-7-15-53-26)33(47)44-18-19(51-32-27(25-10-6-14-52-25)39-22-8-4-5-9-23(22)40-32)16-24(44)30(45)42-36(17-21(36)29(37)38)34(48)43-54(49,50)20-12-13-20/h4-11,14-15,19-21,24,28-29H,12-13,16-18H2,1-3H3,(H,41,46)(H,42,45)(H,43,48)/t19-,21+,24?,28-,36-/m1/s1. The number of fused-ring (bicyclic) bond motifs is 1. The van der Waals surface area contributed by atoms with Gasteiger partial charge in [-0.2, -0.15) is 0 Å². The van der Waals surface area contributed by atoms with Gasteiger partial charge in [0.05, 0.1) is 38.5 Å². The summed E-state index contributed by atoms with van der Waals surface area (Å²) in [5.41, 5.74) is -1.48. The molecule has 3 aliphatic rings. The molecule has 1 aromatic carbocycles. The van der Waals surface area contributed by atoms with Gasteiger partial charge in [0.25, 0.3) is 11.8 Å². The summed E-state index contributed by atoms with van der Waals surface area (Å²) in [6.45, 7) is 5.07. The number of amides is 4. The van der Waals surface area contributed by atoms with Gasteiger partial charge in [-0.25, -0.2) is 27.2 Å². The van der Waals surface area contributed by atoms with Gasteiger partial charge in [0.1, 0.15) is 29.4 Å². The smallest absolute Gasteiger partial charge is 0.262 e. The Kier molecular flexibility index (Phi) is 9.97. The van der Waals surface area contributed by atoms with Gasteiger partial charge in [-0.05, 0) is 59.7 Å². The van der Waals surface area contributed by atoms with E-state index in [1.807, 2.05) is 34.4 Å². The van der Waals surface area contributed by atoms with Crippen LogP contribution >= 0.6 is 22.7 Å². The second kappa shape index (κ2) is 14.3. The number of aromatic nitrogens is 2. The summed E-state index contributed by atoms with van der Waals surface area (Å²) < 4.78 is 61.9. The Morgan fingerprint density at radius 3 is 2.26 bits per heavy atom. The van der Waals surface area contributed by atoms with Gasteiger partial charge >= 0.3 is 0 Å². The molecule has 1 saturated heterocycles. The lowest BCUT2D eigenvalue weighted by Gasteiger charge is -2.35. The molecule has 13 nitrogen and oxygen atoms in total. The number of hydrogen-bond acceptors (Lipinski definition) is 11. The first kappa shape index (κ1) is 37.8. The minimum Gasteiger partial charge on any atom is -0.471 e. The molecular weight excluding hydrogens is 763 g/mol. The third-order valence-corrected chi connectivity index (χ3v) is 13.4. The molecule has 4 aromatic rings. The number of nitrogens with zero attached hydrogens (tertiary/aromatic N) is 3. The number of halogens is 2. The zero-order valence-corrected chi connectivity index (χ0v) is 31.9. The molecule has 18 heteroatoms. The van der Waals surface area contributed by atoms with Gasteiger partial charge in [0.15, 0.2) is 0 Å². The first-order valence-electron chi connectivity index (χ1n) is 17.4. The van der Waals surface area contributed by atoms with E-state index in [1.54, 1.807) is 50.4 Å². The zero-order valence-electron chi connectivity index (χ0n) is 29.5. The fraction of sp³-hybridized carbons (Fsp3) is 0.444. The molecule has 2 saturated carbocycles. The van der Waals surface area contributed by atoms with E-state index in [1.165, 1.54) is 27.6 Å². The quantitative estimate of drug-likeness (QED) is 0.188. The SMILES string of the molecule is CC(C)(C)[C@H](NC(=O)c1cccs1)C(=O)N1C[C@H](Oc2nc3ccccc3nc2-c2cccs2)CC1C(=O)N[C@]1(C(=O)NS(=O)(=O)C2CC2)C[C@H]1C(F)F. The number of alkyl halides is 2. The minimum atomic E-state index is -4.13. The normalized spacial score (nSPS) is 23.2. The molecule has 5 atom stereocenters. The van der Waals surface area contributed by atoms with Crippen molar-refractivity contribution in [2.75, 3.05) is 6.54 Å². The van der Waals surface area contributed by atoms with Crippen LogP contribution in [0.15, 0.2) is 59.3 Å². The number of benzene rings is 1. The van der Waals surface area contributed by atoms with Crippen LogP contribution in [0.1, 0.15) is 56.1 Å². The highest BCUT2D eigenvalue weighted by Gasteiger charge is 2.67. The molecule has 0 spiro atoms. The first-order valence-corrected chi connectivity index (χ1v) is 20.7. The van der Waals surface area contributed by atoms with Crippen molar-refractivity contribution in [1.82, 2.24) is 30.2 Å². The largest absolute Gasteiger partial charge is 0.471 e. The van der Waals surface area contributed by atoms with Gasteiger partial charge < -0.3 is 20.3 Å². The van der Waals surface area contributed by atoms with E-state index in [2.05, 4.69) is 10.6 Å². The van der Waals surface area contributed by atoms with Gasteiger partial charge in [0.2, 0.25) is 34.1 Å². The fourth-order valence-corrected chi connectivity index (χ4v) is 9.33. The Morgan fingerprint density at radius 1 is 0.981 bits per heavy atom. The van der Waals surface area contributed by atoms with Crippen LogP contribution in [0, 0.1) is 11.3 Å². The summed E-state index contributed by atoms with van der Waals surface area (Å²) in [5.74, 6) is -4.84. The molecule has 4 heterocycles. The Balaban J connectivity index is 1.21.